The van der Waals surface area contributed by atoms with Crippen LogP contribution in [0.2, 0.25) is 0 Å². The maximum Gasteiger partial charge on any atom is 0.0705 e. The Labute approximate surface area is 299 Å². The molecule has 4 aromatic heterocycles. The zero-order valence-corrected chi connectivity index (χ0v) is 31.6. The fourth-order valence-electron chi connectivity index (χ4n) is 7.26. The van der Waals surface area contributed by atoms with Crippen LogP contribution >= 0.6 is 61.3 Å². The summed E-state index contributed by atoms with van der Waals surface area (Å²) in [6.45, 7) is 4.64. The fraction of sp³-hybridized carbons (Fsp3) is 0.317. The molecule has 0 bridgehead atoms. The van der Waals surface area contributed by atoms with Crippen molar-refractivity contribution >= 4 is 61.3 Å². The molecule has 2 aromatic carbocycles. The molecule has 0 nitrogen and oxygen atoms in total. The molecule has 0 fully saturated rings. The number of rotatable bonds is 14. The summed E-state index contributed by atoms with van der Waals surface area (Å²) < 4.78 is 1.18. The lowest BCUT2D eigenvalue weighted by atomic mass is 9.70. The lowest BCUT2D eigenvalue weighted by Gasteiger charge is -2.33. The Morgan fingerprint density at radius 2 is 0.978 bits per heavy atom. The Morgan fingerprint density at radius 3 is 1.54 bits per heavy atom. The first kappa shape index (κ1) is 32.3. The summed E-state index contributed by atoms with van der Waals surface area (Å²) in [6.07, 6.45) is 13.0. The maximum absolute atomic E-state index is 3.61. The van der Waals surface area contributed by atoms with Gasteiger partial charge in [-0.1, -0.05) is 102 Å². The van der Waals surface area contributed by atoms with Crippen LogP contribution in [0, 0.1) is 0 Å². The predicted molar refractivity (Wildman–Crippen MR) is 211 cm³/mol. The van der Waals surface area contributed by atoms with Gasteiger partial charge in [0.25, 0.3) is 0 Å². The zero-order chi connectivity index (χ0) is 31.5. The van der Waals surface area contributed by atoms with E-state index in [-0.39, 0.29) is 5.41 Å². The fourth-order valence-corrected chi connectivity index (χ4v) is 11.9. The van der Waals surface area contributed by atoms with Gasteiger partial charge in [-0.2, -0.15) is 0 Å². The molecule has 6 aromatic rings. The first-order valence-corrected chi connectivity index (χ1v) is 21.0. The Kier molecular flexibility index (Phi) is 10.1. The van der Waals surface area contributed by atoms with Crippen molar-refractivity contribution in [1.29, 1.82) is 0 Å². The molecule has 1 aliphatic carbocycles. The topological polar surface area (TPSA) is 0 Å². The van der Waals surface area contributed by atoms with Gasteiger partial charge in [0, 0.05) is 39.6 Å². The third-order valence-corrected chi connectivity index (χ3v) is 15.1. The van der Waals surface area contributed by atoms with Crippen LogP contribution in [-0.4, -0.2) is 0 Å². The summed E-state index contributed by atoms with van der Waals surface area (Å²) in [7, 11) is 0. The number of benzene rings is 2. The third-order valence-electron chi connectivity index (χ3n) is 9.59. The van der Waals surface area contributed by atoms with E-state index < -0.39 is 0 Å². The summed E-state index contributed by atoms with van der Waals surface area (Å²) in [5.74, 6) is 0. The van der Waals surface area contributed by atoms with Crippen molar-refractivity contribution in [2.24, 2.45) is 0 Å². The van der Waals surface area contributed by atoms with E-state index in [0.29, 0.717) is 0 Å². The molecule has 0 spiro atoms. The van der Waals surface area contributed by atoms with Crippen LogP contribution in [0.4, 0.5) is 0 Å². The number of hydrogen-bond acceptors (Lipinski definition) is 4. The number of halogens is 1. The van der Waals surface area contributed by atoms with E-state index in [1.807, 2.05) is 34.0 Å². The van der Waals surface area contributed by atoms with Gasteiger partial charge in [0.1, 0.15) is 0 Å². The van der Waals surface area contributed by atoms with Crippen molar-refractivity contribution in [2.75, 3.05) is 0 Å². The number of thiophene rings is 4. The molecule has 7 rings (SSSR count). The van der Waals surface area contributed by atoms with Crippen LogP contribution in [0.5, 0.6) is 0 Å². The molecular formula is C41H41BrS4. The maximum atomic E-state index is 3.61. The van der Waals surface area contributed by atoms with E-state index in [1.54, 1.807) is 22.5 Å². The number of hydrogen-bond donors (Lipinski definition) is 0. The van der Waals surface area contributed by atoms with Gasteiger partial charge < -0.3 is 0 Å². The van der Waals surface area contributed by atoms with Crippen LogP contribution in [0.1, 0.15) is 89.2 Å². The highest BCUT2D eigenvalue weighted by Crippen LogP contribution is 2.55. The van der Waals surface area contributed by atoms with Crippen LogP contribution in [-0.2, 0) is 5.41 Å². The molecule has 0 N–H and O–H groups in total. The average Bonchev–Trinajstić information content (AvgIpc) is 3.92. The van der Waals surface area contributed by atoms with Gasteiger partial charge in [-0.05, 0) is 111 Å². The smallest absolute Gasteiger partial charge is 0.0705 e. The molecule has 1 aliphatic rings. The molecule has 236 valence electrons. The minimum Gasteiger partial charge on any atom is -0.134 e. The quantitative estimate of drug-likeness (QED) is 0.0975. The molecule has 0 saturated carbocycles. The first-order valence-electron chi connectivity index (χ1n) is 16.9. The van der Waals surface area contributed by atoms with E-state index in [1.165, 1.54) is 119 Å². The average molecular weight is 742 g/mol. The second-order valence-electron chi connectivity index (χ2n) is 12.6. The molecule has 0 amide bonds. The lowest BCUT2D eigenvalue weighted by molar-refractivity contribution is 0.401. The second kappa shape index (κ2) is 14.5. The van der Waals surface area contributed by atoms with E-state index in [2.05, 4.69) is 121 Å². The predicted octanol–water partition coefficient (Wildman–Crippen LogP) is 15.6. The standard InChI is InChI=1S/C41H41BrS4/c1-3-5-7-11-25-41(26-12-8-6-4-2)31-14-10-9-13-29(31)30-16-15-28(27-32(30)41)33-17-18-34(43-33)35-19-20-36(44-35)37-21-22-38(45-37)39-23-24-40(42)46-39/h9-10,13-24,27H,3-8,11-12,25-26H2,1-2H3. The van der Waals surface area contributed by atoms with E-state index in [9.17, 15) is 0 Å². The molecule has 0 radical (unpaired) electrons. The van der Waals surface area contributed by atoms with Crippen molar-refractivity contribution < 1.29 is 0 Å². The normalized spacial score (nSPS) is 13.3. The Bertz CT molecular complexity index is 1900. The molecule has 46 heavy (non-hydrogen) atoms. The van der Waals surface area contributed by atoms with Crippen molar-refractivity contribution in [1.82, 2.24) is 0 Å². The summed E-state index contributed by atoms with van der Waals surface area (Å²) in [4.78, 5) is 9.45. The third kappa shape index (κ3) is 6.43. The monoisotopic (exact) mass is 740 g/mol. The van der Waals surface area contributed by atoms with Gasteiger partial charge in [-0.25, -0.2) is 0 Å². The molecule has 0 atom stereocenters. The lowest BCUT2D eigenvalue weighted by Crippen LogP contribution is -2.25. The molecular weight excluding hydrogens is 701 g/mol. The molecule has 0 saturated heterocycles. The Hall–Kier alpha value is -2.28. The molecule has 5 heteroatoms. The summed E-state index contributed by atoms with van der Waals surface area (Å²) >= 11 is 11.2. The highest BCUT2D eigenvalue weighted by molar-refractivity contribution is 9.11. The number of unbranched alkanes of at least 4 members (excludes halogenated alkanes) is 6. The van der Waals surface area contributed by atoms with Crippen LogP contribution in [0.15, 0.2) is 94.8 Å². The summed E-state index contributed by atoms with van der Waals surface area (Å²) in [5, 5.41) is 0. The van der Waals surface area contributed by atoms with Gasteiger partial charge in [0.2, 0.25) is 0 Å². The van der Waals surface area contributed by atoms with Gasteiger partial charge in [-0.3, -0.25) is 0 Å². The summed E-state index contributed by atoms with van der Waals surface area (Å²) in [5.41, 5.74) is 7.60. The second-order valence-corrected chi connectivity index (χ2v) is 18.3. The minimum absolute atomic E-state index is 0.130. The largest absolute Gasteiger partial charge is 0.134 e. The van der Waals surface area contributed by atoms with Crippen LogP contribution < -0.4 is 0 Å². The van der Waals surface area contributed by atoms with Crippen molar-refractivity contribution in [2.45, 2.75) is 83.5 Å². The van der Waals surface area contributed by atoms with Crippen molar-refractivity contribution in [3.63, 3.8) is 0 Å². The Morgan fingerprint density at radius 1 is 0.478 bits per heavy atom. The van der Waals surface area contributed by atoms with E-state index >= 15 is 0 Å². The summed E-state index contributed by atoms with van der Waals surface area (Å²) in [6, 6.07) is 34.9. The van der Waals surface area contributed by atoms with Gasteiger partial charge >= 0.3 is 0 Å². The highest BCUT2D eigenvalue weighted by Gasteiger charge is 2.42. The SMILES string of the molecule is CCCCCCC1(CCCCCC)c2ccccc2-c2ccc(-c3ccc(-c4ccc(-c5ccc(-c6ccc(Br)s6)s5)s4)s3)cc21. The van der Waals surface area contributed by atoms with Crippen molar-refractivity contribution in [3.8, 4) is 50.8 Å². The zero-order valence-electron chi connectivity index (χ0n) is 26.7. The highest BCUT2D eigenvalue weighted by atomic mass is 79.9. The Balaban J connectivity index is 1.18. The van der Waals surface area contributed by atoms with E-state index in [0.717, 1.165) is 0 Å². The number of fused-ring (bicyclic) bond motifs is 3. The van der Waals surface area contributed by atoms with Gasteiger partial charge in [0.15, 0.2) is 0 Å². The van der Waals surface area contributed by atoms with Crippen LogP contribution in [0.25, 0.3) is 50.8 Å². The van der Waals surface area contributed by atoms with E-state index in [4.69, 9.17) is 0 Å². The first-order chi connectivity index (χ1) is 22.6. The van der Waals surface area contributed by atoms with Gasteiger partial charge in [-0.15, -0.1) is 45.3 Å². The molecule has 0 aliphatic heterocycles. The van der Waals surface area contributed by atoms with Gasteiger partial charge in [0.05, 0.1) is 3.79 Å². The van der Waals surface area contributed by atoms with Crippen molar-refractivity contribution in [3.05, 3.63) is 106 Å². The van der Waals surface area contributed by atoms with Crippen LogP contribution in [0.3, 0.4) is 0 Å². The molecule has 4 heterocycles. The molecule has 0 unspecified atom stereocenters. The minimum atomic E-state index is 0.130.